The Kier molecular flexibility index (Phi) is 4.22. The quantitative estimate of drug-likeness (QED) is 0.604. The maximum atomic E-state index is 12.1. The number of aromatic nitrogens is 1. The molecule has 0 saturated carbocycles. The van der Waals surface area contributed by atoms with Gasteiger partial charge in [0.15, 0.2) is 5.69 Å². The number of carbonyl (C=O) groups is 1. The number of amides is 1. The maximum Gasteiger partial charge on any atom is 0.295 e. The van der Waals surface area contributed by atoms with Crippen LogP contribution in [-0.4, -0.2) is 16.0 Å². The Morgan fingerprint density at radius 3 is 2.65 bits per heavy atom. The predicted octanol–water partition coefficient (Wildman–Crippen LogP) is 4.02. The summed E-state index contributed by atoms with van der Waals surface area (Å²) in [5.74, 6) is -0.620. The molecule has 0 saturated heterocycles. The van der Waals surface area contributed by atoms with Gasteiger partial charge in [0.25, 0.3) is 5.91 Å². The van der Waals surface area contributed by atoms with Crippen LogP contribution in [0.4, 0.5) is 5.69 Å². The number of rotatable bonds is 3. The predicted molar refractivity (Wildman–Crippen MR) is 90.8 cm³/mol. The topological polar surface area (TPSA) is 104 Å². The van der Waals surface area contributed by atoms with Gasteiger partial charge in [0.1, 0.15) is 0 Å². The number of benzene rings is 2. The van der Waals surface area contributed by atoms with Gasteiger partial charge in [-0.3, -0.25) is 4.79 Å². The van der Waals surface area contributed by atoms with Crippen molar-refractivity contribution >= 4 is 38.4 Å². The van der Waals surface area contributed by atoms with Crippen LogP contribution in [0.3, 0.4) is 0 Å². The zero-order chi connectivity index (χ0) is 16.4. The molecule has 6 nitrogen and oxygen atoms in total. The fraction of sp³-hybridized carbons (Fsp3) is 0.0625. The molecule has 0 fully saturated rings. The van der Waals surface area contributed by atoms with E-state index in [0.717, 1.165) is 10.0 Å². The average molecular weight is 373 g/mol. The summed E-state index contributed by atoms with van der Waals surface area (Å²) in [6.45, 7) is 0.411. The lowest BCUT2D eigenvalue weighted by atomic mass is 10.1. The lowest BCUT2D eigenvalue weighted by Gasteiger charge is -1.98. The van der Waals surface area contributed by atoms with Gasteiger partial charge in [-0.1, -0.05) is 28.1 Å². The van der Waals surface area contributed by atoms with Gasteiger partial charge in [-0.25, -0.2) is 0 Å². The molecular weight excluding hydrogens is 360 g/mol. The fourth-order valence-corrected chi connectivity index (χ4v) is 2.53. The number of nitrogens with zero attached hydrogens (tertiary/aromatic N) is 2. The number of nitrogens with one attached hydrogen (secondary N) is 1. The third-order valence-corrected chi connectivity index (χ3v) is 3.88. The number of aromatic amines is 1. The van der Waals surface area contributed by atoms with E-state index in [1.807, 2.05) is 6.07 Å². The van der Waals surface area contributed by atoms with Crippen molar-refractivity contribution in [2.24, 2.45) is 16.0 Å². The summed E-state index contributed by atoms with van der Waals surface area (Å²) < 4.78 is 0.837. The van der Waals surface area contributed by atoms with E-state index in [1.54, 1.807) is 36.4 Å². The number of halogens is 1. The van der Waals surface area contributed by atoms with Crippen LogP contribution in [0.25, 0.3) is 10.9 Å². The number of hydrogen-bond donors (Lipinski definition) is 3. The number of fused-ring (bicyclic) bond motifs is 1. The number of azo groups is 1. The van der Waals surface area contributed by atoms with Gasteiger partial charge in [-0.2, -0.15) is 0 Å². The molecule has 0 radical (unpaired) electrons. The highest BCUT2D eigenvalue weighted by Crippen LogP contribution is 2.36. The second-order valence-electron chi connectivity index (χ2n) is 4.92. The van der Waals surface area contributed by atoms with Crippen molar-refractivity contribution in [3.63, 3.8) is 0 Å². The van der Waals surface area contributed by atoms with E-state index in [1.165, 1.54) is 0 Å². The van der Waals surface area contributed by atoms with Crippen molar-refractivity contribution in [3.8, 4) is 5.88 Å². The number of carbonyl (C=O) groups excluding carboxylic acids is 1. The van der Waals surface area contributed by atoms with Crippen molar-refractivity contribution < 1.29 is 9.90 Å². The molecular formula is C16H13BrN4O2. The molecule has 0 unspecified atom stereocenters. The van der Waals surface area contributed by atoms with Gasteiger partial charge in [0.2, 0.25) is 5.88 Å². The van der Waals surface area contributed by atoms with Gasteiger partial charge in [-0.05, 0) is 35.9 Å². The van der Waals surface area contributed by atoms with Crippen molar-refractivity contribution in [3.05, 3.63) is 58.1 Å². The summed E-state index contributed by atoms with van der Waals surface area (Å²) in [5.41, 5.74) is 7.79. The molecule has 116 valence electrons. The lowest BCUT2D eigenvalue weighted by molar-refractivity contribution is 0.0995. The van der Waals surface area contributed by atoms with Gasteiger partial charge in [0, 0.05) is 22.0 Å². The summed E-state index contributed by atoms with van der Waals surface area (Å²) in [4.78, 5) is 14.8. The van der Waals surface area contributed by atoms with Crippen LogP contribution in [0.5, 0.6) is 5.88 Å². The molecule has 3 aromatic rings. The van der Waals surface area contributed by atoms with Gasteiger partial charge in [0.05, 0.1) is 5.52 Å². The molecule has 0 aliphatic rings. The molecule has 0 atom stereocenters. The number of H-pyrrole nitrogens is 1. The number of nitrogens with two attached hydrogens (primary N) is 1. The van der Waals surface area contributed by atoms with Crippen LogP contribution in [0.2, 0.25) is 0 Å². The summed E-state index contributed by atoms with van der Waals surface area (Å²) in [7, 11) is 0. The van der Waals surface area contributed by atoms with Crippen LogP contribution in [0.1, 0.15) is 15.9 Å². The normalized spacial score (nSPS) is 11.4. The van der Waals surface area contributed by atoms with Crippen molar-refractivity contribution in [1.29, 1.82) is 0 Å². The highest BCUT2D eigenvalue weighted by Gasteiger charge is 2.12. The molecule has 0 aliphatic carbocycles. The third-order valence-electron chi connectivity index (χ3n) is 3.39. The molecule has 1 heterocycles. The van der Waals surface area contributed by atoms with E-state index >= 15 is 0 Å². The molecule has 23 heavy (non-hydrogen) atoms. The summed E-state index contributed by atoms with van der Waals surface area (Å²) in [6, 6.07) is 12.3. The van der Waals surface area contributed by atoms with Crippen LogP contribution < -0.4 is 5.73 Å². The SMILES string of the molecule is NCc1ccc(C(=O)N=Nc2c(O)[nH]c3ccc(Br)cc23)cc1. The molecule has 0 bridgehead atoms. The molecule has 4 N–H and O–H groups in total. The molecule has 0 spiro atoms. The van der Waals surface area contributed by atoms with E-state index in [2.05, 4.69) is 31.1 Å². The lowest BCUT2D eigenvalue weighted by Crippen LogP contribution is -1.98. The first-order valence-corrected chi connectivity index (χ1v) is 7.63. The Labute approximate surface area is 140 Å². The number of hydrogen-bond acceptors (Lipinski definition) is 4. The van der Waals surface area contributed by atoms with Gasteiger partial charge < -0.3 is 15.8 Å². The Bertz CT molecular complexity index is 900. The Balaban J connectivity index is 1.91. The second kappa shape index (κ2) is 6.31. The Morgan fingerprint density at radius 1 is 1.22 bits per heavy atom. The van der Waals surface area contributed by atoms with Crippen LogP contribution in [0, 0.1) is 0 Å². The molecule has 1 aromatic heterocycles. The second-order valence-corrected chi connectivity index (χ2v) is 5.83. The van der Waals surface area contributed by atoms with Gasteiger partial charge in [-0.15, -0.1) is 10.2 Å². The number of aromatic hydroxyl groups is 1. The van der Waals surface area contributed by atoms with E-state index in [9.17, 15) is 9.90 Å². The smallest absolute Gasteiger partial charge is 0.295 e. The first-order chi connectivity index (χ1) is 11.1. The summed E-state index contributed by atoms with van der Waals surface area (Å²) >= 11 is 3.36. The van der Waals surface area contributed by atoms with E-state index in [0.29, 0.717) is 23.0 Å². The zero-order valence-electron chi connectivity index (χ0n) is 12.0. The van der Waals surface area contributed by atoms with Crippen molar-refractivity contribution in [2.75, 3.05) is 0 Å². The molecule has 1 amide bonds. The Hall–Kier alpha value is -2.51. The van der Waals surface area contributed by atoms with E-state index in [-0.39, 0.29) is 11.6 Å². The van der Waals surface area contributed by atoms with Crippen molar-refractivity contribution in [2.45, 2.75) is 6.54 Å². The highest BCUT2D eigenvalue weighted by molar-refractivity contribution is 9.10. The summed E-state index contributed by atoms with van der Waals surface area (Å²) in [5, 5.41) is 18.2. The van der Waals surface area contributed by atoms with Gasteiger partial charge >= 0.3 is 0 Å². The van der Waals surface area contributed by atoms with E-state index in [4.69, 9.17) is 5.73 Å². The maximum absolute atomic E-state index is 12.1. The van der Waals surface area contributed by atoms with Crippen LogP contribution in [0.15, 0.2) is 57.2 Å². The average Bonchev–Trinajstić information content (AvgIpc) is 2.87. The molecule has 0 aliphatic heterocycles. The minimum absolute atomic E-state index is 0.131. The first-order valence-electron chi connectivity index (χ1n) is 6.84. The molecule has 7 heteroatoms. The minimum atomic E-state index is -0.489. The largest absolute Gasteiger partial charge is 0.493 e. The monoisotopic (exact) mass is 372 g/mol. The Morgan fingerprint density at radius 2 is 1.96 bits per heavy atom. The first kappa shape index (κ1) is 15.4. The van der Waals surface area contributed by atoms with Crippen molar-refractivity contribution in [1.82, 2.24) is 4.98 Å². The third kappa shape index (κ3) is 3.15. The standard InChI is InChI=1S/C16H13BrN4O2/c17-11-5-6-13-12(7-11)14(16(23)19-13)20-21-15(22)10-3-1-9(8-18)2-4-10/h1-7,19,23H,8,18H2. The molecule has 3 rings (SSSR count). The zero-order valence-corrected chi connectivity index (χ0v) is 13.5. The fourth-order valence-electron chi connectivity index (χ4n) is 2.17. The highest BCUT2D eigenvalue weighted by atomic mass is 79.9. The molecule has 2 aromatic carbocycles. The van der Waals surface area contributed by atoms with E-state index < -0.39 is 5.91 Å². The van der Waals surface area contributed by atoms with Crippen LogP contribution >= 0.6 is 15.9 Å². The van der Waals surface area contributed by atoms with Crippen LogP contribution in [-0.2, 0) is 6.54 Å². The summed E-state index contributed by atoms with van der Waals surface area (Å²) in [6.07, 6.45) is 0. The minimum Gasteiger partial charge on any atom is -0.493 e.